The van der Waals surface area contributed by atoms with Crippen molar-refractivity contribution in [3.05, 3.63) is 96.7 Å². The molecule has 6 nitrogen and oxygen atoms in total. The van der Waals surface area contributed by atoms with Gasteiger partial charge in [0.2, 0.25) is 5.91 Å². The lowest BCUT2D eigenvalue weighted by Gasteiger charge is -2.32. The molecule has 2 atom stereocenters. The molecule has 2 aliphatic rings. The average Bonchev–Trinajstić information content (AvgIpc) is 3.49. The zero-order valence-corrected chi connectivity index (χ0v) is 19.2. The summed E-state index contributed by atoms with van der Waals surface area (Å²) in [5.74, 6) is 1.99. The molecule has 34 heavy (non-hydrogen) atoms. The fourth-order valence-corrected chi connectivity index (χ4v) is 5.58. The van der Waals surface area contributed by atoms with Crippen molar-refractivity contribution in [1.82, 2.24) is 14.7 Å². The summed E-state index contributed by atoms with van der Waals surface area (Å²) in [6.45, 7) is 0.864. The maximum atomic E-state index is 13.0. The van der Waals surface area contributed by atoms with E-state index in [1.165, 1.54) is 0 Å². The van der Waals surface area contributed by atoms with Crippen LogP contribution in [-0.2, 0) is 4.79 Å². The largest absolute Gasteiger partial charge is 0.486 e. The Morgan fingerprint density at radius 3 is 2.41 bits per heavy atom. The number of ether oxygens (including phenoxy) is 2. The number of amides is 1. The second-order valence-corrected chi connectivity index (χ2v) is 9.35. The summed E-state index contributed by atoms with van der Waals surface area (Å²) in [7, 11) is 0. The highest BCUT2D eigenvalue weighted by molar-refractivity contribution is 8.00. The Balaban J connectivity index is 1.34. The van der Waals surface area contributed by atoms with Gasteiger partial charge in [0.1, 0.15) is 12.0 Å². The molecule has 7 heteroatoms. The Morgan fingerprint density at radius 1 is 0.912 bits per heavy atom. The van der Waals surface area contributed by atoms with Crippen molar-refractivity contribution < 1.29 is 14.3 Å². The van der Waals surface area contributed by atoms with Gasteiger partial charge in [0.05, 0.1) is 23.7 Å². The van der Waals surface area contributed by atoms with Crippen LogP contribution in [0.3, 0.4) is 0 Å². The van der Waals surface area contributed by atoms with Crippen LogP contribution in [0.15, 0.2) is 91.1 Å². The van der Waals surface area contributed by atoms with Crippen LogP contribution in [0.25, 0.3) is 16.9 Å². The summed E-state index contributed by atoms with van der Waals surface area (Å²) in [4.78, 5) is 14.9. The van der Waals surface area contributed by atoms with Crippen LogP contribution in [0, 0.1) is 0 Å². The monoisotopic (exact) mass is 469 g/mol. The lowest BCUT2D eigenvalue weighted by atomic mass is 10.1. The molecule has 3 aromatic carbocycles. The van der Waals surface area contributed by atoms with Gasteiger partial charge in [0, 0.05) is 17.3 Å². The van der Waals surface area contributed by atoms with Gasteiger partial charge in [-0.15, -0.1) is 11.8 Å². The van der Waals surface area contributed by atoms with Crippen LogP contribution in [0.5, 0.6) is 11.5 Å². The quantitative estimate of drug-likeness (QED) is 0.414. The van der Waals surface area contributed by atoms with Crippen LogP contribution in [0.2, 0.25) is 0 Å². The molecule has 3 heterocycles. The predicted molar refractivity (Wildman–Crippen MR) is 132 cm³/mol. The third kappa shape index (κ3) is 3.92. The zero-order chi connectivity index (χ0) is 22.9. The van der Waals surface area contributed by atoms with Crippen molar-refractivity contribution in [2.24, 2.45) is 0 Å². The SMILES string of the molecule is O=C1CS[C@H](c2cn(-c3ccccc3)nc2-c2ccccc2)N1C[C@H]1COc2ccccc2O1. The van der Waals surface area contributed by atoms with Crippen LogP contribution < -0.4 is 9.47 Å². The van der Waals surface area contributed by atoms with Gasteiger partial charge in [0.15, 0.2) is 17.6 Å². The van der Waals surface area contributed by atoms with Gasteiger partial charge < -0.3 is 14.4 Å². The predicted octanol–water partition coefficient (Wildman–Crippen LogP) is 4.95. The molecule has 2 aliphatic heterocycles. The Hall–Kier alpha value is -3.71. The van der Waals surface area contributed by atoms with Gasteiger partial charge in [0.25, 0.3) is 0 Å². The van der Waals surface area contributed by atoms with E-state index in [4.69, 9.17) is 14.6 Å². The molecule has 0 aliphatic carbocycles. The molecular formula is C27H23N3O3S. The number of nitrogens with zero attached hydrogens (tertiary/aromatic N) is 3. The van der Waals surface area contributed by atoms with Gasteiger partial charge in [-0.3, -0.25) is 4.79 Å². The Labute approximate surface area is 202 Å². The topological polar surface area (TPSA) is 56.6 Å². The minimum absolute atomic E-state index is 0.101. The summed E-state index contributed by atoms with van der Waals surface area (Å²) < 4.78 is 14.0. The Morgan fingerprint density at radius 2 is 1.62 bits per heavy atom. The molecule has 0 N–H and O–H groups in total. The molecule has 170 valence electrons. The number of hydrogen-bond donors (Lipinski definition) is 0. The maximum absolute atomic E-state index is 13.0. The number of benzene rings is 3. The standard InChI is InChI=1S/C27H23N3O3S/c31-25-18-34-27(29(25)15-21-17-32-23-13-7-8-14-24(23)33-21)22-16-30(20-11-5-2-6-12-20)28-26(22)19-9-3-1-4-10-19/h1-14,16,21,27H,15,17-18H2/t21-,27+/m0/s1. The number of fused-ring (bicyclic) bond motifs is 1. The lowest BCUT2D eigenvalue weighted by Crippen LogP contribution is -2.42. The number of rotatable bonds is 5. The van der Waals surface area contributed by atoms with Crippen LogP contribution in [-0.4, -0.2) is 45.6 Å². The molecule has 0 bridgehead atoms. The van der Waals surface area contributed by atoms with E-state index in [1.807, 2.05) is 82.4 Å². The second kappa shape index (κ2) is 8.91. The number of carbonyl (C=O) groups is 1. The Kier molecular flexibility index (Phi) is 5.47. The van der Waals surface area contributed by atoms with E-state index in [1.54, 1.807) is 11.8 Å². The van der Waals surface area contributed by atoms with Crippen molar-refractivity contribution in [2.45, 2.75) is 11.5 Å². The second-order valence-electron chi connectivity index (χ2n) is 8.29. The molecule has 6 rings (SSSR count). The molecule has 0 radical (unpaired) electrons. The highest BCUT2D eigenvalue weighted by Gasteiger charge is 2.38. The zero-order valence-electron chi connectivity index (χ0n) is 18.4. The number of hydrogen-bond acceptors (Lipinski definition) is 5. The lowest BCUT2D eigenvalue weighted by molar-refractivity contribution is -0.129. The van der Waals surface area contributed by atoms with Gasteiger partial charge in [-0.1, -0.05) is 60.7 Å². The number of carbonyl (C=O) groups excluding carboxylic acids is 1. The van der Waals surface area contributed by atoms with Crippen LogP contribution in [0.4, 0.5) is 0 Å². The molecule has 0 saturated carbocycles. The molecule has 1 fully saturated rings. The fraction of sp³-hybridized carbons (Fsp3) is 0.185. The van der Waals surface area contributed by atoms with Crippen molar-refractivity contribution in [3.63, 3.8) is 0 Å². The van der Waals surface area contributed by atoms with Crippen molar-refractivity contribution in [2.75, 3.05) is 18.9 Å². The van der Waals surface area contributed by atoms with E-state index in [2.05, 4.69) is 18.3 Å². The minimum atomic E-state index is -0.232. The third-order valence-corrected chi connectivity index (χ3v) is 7.25. The normalized spacial score (nSPS) is 19.4. The van der Waals surface area contributed by atoms with Crippen LogP contribution in [0.1, 0.15) is 10.9 Å². The minimum Gasteiger partial charge on any atom is -0.486 e. The van der Waals surface area contributed by atoms with E-state index in [0.29, 0.717) is 18.9 Å². The first kappa shape index (κ1) is 20.9. The summed E-state index contributed by atoms with van der Waals surface area (Å²) in [5, 5.41) is 4.79. The van der Waals surface area contributed by atoms with Crippen molar-refractivity contribution >= 4 is 17.7 Å². The molecule has 4 aromatic rings. The summed E-state index contributed by atoms with van der Waals surface area (Å²) in [6, 6.07) is 27.8. The molecule has 1 saturated heterocycles. The first-order valence-corrected chi connectivity index (χ1v) is 12.3. The first-order chi connectivity index (χ1) is 16.8. The van der Waals surface area contributed by atoms with E-state index >= 15 is 0 Å². The Bertz CT molecular complexity index is 1310. The first-order valence-electron chi connectivity index (χ1n) is 11.3. The number of thioether (sulfide) groups is 1. The van der Waals surface area contributed by atoms with E-state index in [0.717, 1.165) is 34.0 Å². The van der Waals surface area contributed by atoms with Gasteiger partial charge in [-0.05, 0) is 24.3 Å². The average molecular weight is 470 g/mol. The van der Waals surface area contributed by atoms with Crippen LogP contribution >= 0.6 is 11.8 Å². The number of para-hydroxylation sites is 3. The van der Waals surface area contributed by atoms with Gasteiger partial charge in [-0.2, -0.15) is 5.10 Å². The van der Waals surface area contributed by atoms with E-state index in [-0.39, 0.29) is 17.4 Å². The van der Waals surface area contributed by atoms with E-state index in [9.17, 15) is 4.79 Å². The summed E-state index contributed by atoms with van der Waals surface area (Å²) >= 11 is 1.63. The molecule has 0 spiro atoms. The van der Waals surface area contributed by atoms with Gasteiger partial charge in [-0.25, -0.2) is 4.68 Å². The van der Waals surface area contributed by atoms with Crippen molar-refractivity contribution in [1.29, 1.82) is 0 Å². The summed E-state index contributed by atoms with van der Waals surface area (Å²) in [6.07, 6.45) is 1.82. The van der Waals surface area contributed by atoms with E-state index < -0.39 is 0 Å². The number of aromatic nitrogens is 2. The highest BCUT2D eigenvalue weighted by Crippen LogP contribution is 2.43. The third-order valence-electron chi connectivity index (χ3n) is 6.01. The molecule has 1 amide bonds. The molecule has 1 aromatic heterocycles. The van der Waals surface area contributed by atoms with Gasteiger partial charge >= 0.3 is 0 Å². The highest BCUT2D eigenvalue weighted by atomic mass is 32.2. The maximum Gasteiger partial charge on any atom is 0.233 e. The fourth-order valence-electron chi connectivity index (χ4n) is 4.38. The van der Waals surface area contributed by atoms with Crippen molar-refractivity contribution in [3.8, 4) is 28.4 Å². The molecule has 0 unspecified atom stereocenters. The smallest absolute Gasteiger partial charge is 0.233 e. The molecular weight excluding hydrogens is 446 g/mol. The summed E-state index contributed by atoms with van der Waals surface area (Å²) in [5.41, 5.74) is 3.90.